The minimum atomic E-state index is -0.691. The second-order valence-corrected chi connectivity index (χ2v) is 5.72. The lowest BCUT2D eigenvalue weighted by molar-refractivity contribution is -0.117. The number of furan rings is 1. The molecule has 0 radical (unpaired) electrons. The average molecular weight is 349 g/mol. The molecule has 25 heavy (non-hydrogen) atoms. The Morgan fingerprint density at radius 3 is 2.56 bits per heavy atom. The topological polar surface area (TPSA) is 65.8 Å². The first-order valence-electron chi connectivity index (χ1n) is 7.83. The maximum Gasteiger partial charge on any atom is 0.289 e. The number of halogens is 2. The van der Waals surface area contributed by atoms with E-state index in [4.69, 9.17) is 4.42 Å². The Kier molecular flexibility index (Phi) is 5.08. The molecule has 0 bridgehead atoms. The second kappa shape index (κ2) is 7.43. The summed E-state index contributed by atoms with van der Waals surface area (Å²) >= 11 is 0. The molecule has 2 amide bonds. The van der Waals surface area contributed by atoms with Crippen LogP contribution in [0.15, 0.2) is 41.0 Å². The van der Waals surface area contributed by atoms with Gasteiger partial charge in [-0.15, -0.1) is 0 Å². The molecule has 132 valence electrons. The van der Waals surface area contributed by atoms with Gasteiger partial charge in [0.15, 0.2) is 5.76 Å². The molecular weight excluding hydrogens is 332 g/mol. The summed E-state index contributed by atoms with van der Waals surface area (Å²) in [7, 11) is 0. The Balaban J connectivity index is 1.49. The fourth-order valence-corrected chi connectivity index (χ4v) is 2.65. The summed E-state index contributed by atoms with van der Waals surface area (Å²) in [5.74, 6) is -1.65. The van der Waals surface area contributed by atoms with Crippen molar-refractivity contribution in [3.63, 3.8) is 0 Å². The largest absolute Gasteiger partial charge is 0.459 e. The average Bonchev–Trinajstić information content (AvgIpc) is 3.13. The number of hydrogen-bond acceptors (Lipinski definition) is 4. The number of piperazine rings is 1. The molecule has 1 aromatic carbocycles. The third-order valence-electron chi connectivity index (χ3n) is 3.96. The Labute approximate surface area is 143 Å². The van der Waals surface area contributed by atoms with E-state index in [1.165, 1.54) is 6.26 Å². The molecule has 2 heterocycles. The number of carbonyl (C=O) groups is 2. The zero-order valence-corrected chi connectivity index (χ0v) is 13.4. The molecular formula is C17H17F2N3O3. The van der Waals surface area contributed by atoms with Crippen molar-refractivity contribution in [1.82, 2.24) is 9.80 Å². The fraction of sp³-hybridized carbons (Fsp3) is 0.294. The Morgan fingerprint density at radius 1 is 1.12 bits per heavy atom. The SMILES string of the molecule is O=C(CN1CCN(C(=O)c2ccco2)CC1)Nc1cc(F)ccc1F. The molecule has 3 rings (SSSR count). The highest BCUT2D eigenvalue weighted by molar-refractivity contribution is 5.93. The molecule has 0 spiro atoms. The van der Waals surface area contributed by atoms with E-state index < -0.39 is 17.5 Å². The number of nitrogens with one attached hydrogen (secondary N) is 1. The number of carbonyl (C=O) groups excluding carboxylic acids is 2. The van der Waals surface area contributed by atoms with Crippen LogP contribution in [-0.2, 0) is 4.79 Å². The zero-order chi connectivity index (χ0) is 17.8. The maximum absolute atomic E-state index is 13.5. The van der Waals surface area contributed by atoms with Gasteiger partial charge in [-0.1, -0.05) is 0 Å². The van der Waals surface area contributed by atoms with Crippen LogP contribution < -0.4 is 5.32 Å². The van der Waals surface area contributed by atoms with Crippen LogP contribution in [0.2, 0.25) is 0 Å². The molecule has 2 aromatic rings. The molecule has 0 unspecified atom stereocenters. The van der Waals surface area contributed by atoms with Crippen molar-refractivity contribution in [1.29, 1.82) is 0 Å². The molecule has 0 saturated carbocycles. The van der Waals surface area contributed by atoms with Gasteiger partial charge in [0.1, 0.15) is 11.6 Å². The van der Waals surface area contributed by atoms with Gasteiger partial charge in [-0.25, -0.2) is 8.78 Å². The molecule has 1 aromatic heterocycles. The van der Waals surface area contributed by atoms with Gasteiger partial charge in [-0.3, -0.25) is 14.5 Å². The quantitative estimate of drug-likeness (QED) is 0.916. The van der Waals surface area contributed by atoms with E-state index >= 15 is 0 Å². The molecule has 1 aliphatic rings. The van der Waals surface area contributed by atoms with Gasteiger partial charge in [0.25, 0.3) is 5.91 Å². The van der Waals surface area contributed by atoms with Gasteiger partial charge in [0.05, 0.1) is 18.5 Å². The first-order chi connectivity index (χ1) is 12.0. The van der Waals surface area contributed by atoms with E-state index in [1.807, 2.05) is 4.90 Å². The summed E-state index contributed by atoms with van der Waals surface area (Å²) in [5, 5.41) is 2.36. The van der Waals surface area contributed by atoms with E-state index in [2.05, 4.69) is 5.32 Å². The molecule has 0 aliphatic carbocycles. The van der Waals surface area contributed by atoms with Crippen LogP contribution in [0.3, 0.4) is 0 Å². The first-order valence-corrected chi connectivity index (χ1v) is 7.83. The van der Waals surface area contributed by atoms with Crippen LogP contribution in [-0.4, -0.2) is 54.3 Å². The van der Waals surface area contributed by atoms with Crippen molar-refractivity contribution in [3.8, 4) is 0 Å². The fourth-order valence-electron chi connectivity index (χ4n) is 2.65. The lowest BCUT2D eigenvalue weighted by Crippen LogP contribution is -2.50. The van der Waals surface area contributed by atoms with Crippen molar-refractivity contribution in [2.24, 2.45) is 0 Å². The van der Waals surface area contributed by atoms with Crippen molar-refractivity contribution >= 4 is 17.5 Å². The lowest BCUT2D eigenvalue weighted by atomic mass is 10.2. The van der Waals surface area contributed by atoms with E-state index in [9.17, 15) is 18.4 Å². The monoisotopic (exact) mass is 349 g/mol. The first kappa shape index (κ1) is 17.1. The van der Waals surface area contributed by atoms with E-state index in [0.717, 1.165) is 18.2 Å². The smallest absolute Gasteiger partial charge is 0.289 e. The van der Waals surface area contributed by atoms with Gasteiger partial charge in [-0.05, 0) is 24.3 Å². The van der Waals surface area contributed by atoms with Gasteiger partial charge < -0.3 is 14.6 Å². The van der Waals surface area contributed by atoms with Gasteiger partial charge >= 0.3 is 0 Å². The summed E-state index contributed by atoms with van der Waals surface area (Å²) in [6.07, 6.45) is 1.44. The number of anilines is 1. The predicted octanol–water partition coefficient (Wildman–Crippen LogP) is 1.95. The zero-order valence-electron chi connectivity index (χ0n) is 13.4. The summed E-state index contributed by atoms with van der Waals surface area (Å²) in [6.45, 7) is 1.97. The van der Waals surface area contributed by atoms with Gasteiger partial charge in [-0.2, -0.15) is 0 Å². The van der Waals surface area contributed by atoms with Gasteiger partial charge in [0, 0.05) is 32.2 Å². The van der Waals surface area contributed by atoms with Crippen LogP contribution in [0, 0.1) is 11.6 Å². The summed E-state index contributed by atoms with van der Waals surface area (Å²) in [6, 6.07) is 6.15. The normalized spacial score (nSPS) is 15.2. The Bertz CT molecular complexity index is 757. The lowest BCUT2D eigenvalue weighted by Gasteiger charge is -2.33. The van der Waals surface area contributed by atoms with E-state index in [1.54, 1.807) is 17.0 Å². The van der Waals surface area contributed by atoms with E-state index in [-0.39, 0.29) is 23.9 Å². The minimum Gasteiger partial charge on any atom is -0.459 e. The number of rotatable bonds is 4. The molecule has 1 saturated heterocycles. The maximum atomic E-state index is 13.5. The molecule has 8 heteroatoms. The van der Waals surface area contributed by atoms with Crippen LogP contribution in [0.4, 0.5) is 14.5 Å². The van der Waals surface area contributed by atoms with Crippen molar-refractivity contribution in [3.05, 3.63) is 54.0 Å². The highest BCUT2D eigenvalue weighted by atomic mass is 19.1. The van der Waals surface area contributed by atoms with Crippen molar-refractivity contribution < 1.29 is 22.8 Å². The number of benzene rings is 1. The van der Waals surface area contributed by atoms with Crippen LogP contribution in [0.5, 0.6) is 0 Å². The molecule has 6 nitrogen and oxygen atoms in total. The molecule has 1 N–H and O–H groups in total. The summed E-state index contributed by atoms with van der Waals surface area (Å²) < 4.78 is 31.7. The summed E-state index contributed by atoms with van der Waals surface area (Å²) in [5.41, 5.74) is -0.184. The highest BCUT2D eigenvalue weighted by Crippen LogP contribution is 2.15. The van der Waals surface area contributed by atoms with Crippen molar-refractivity contribution in [2.75, 3.05) is 38.0 Å². The summed E-state index contributed by atoms with van der Waals surface area (Å²) in [4.78, 5) is 27.7. The highest BCUT2D eigenvalue weighted by Gasteiger charge is 2.24. The number of nitrogens with zero attached hydrogens (tertiary/aromatic N) is 2. The third-order valence-corrected chi connectivity index (χ3v) is 3.96. The predicted molar refractivity (Wildman–Crippen MR) is 86.0 cm³/mol. The molecule has 1 aliphatic heterocycles. The number of hydrogen-bond donors (Lipinski definition) is 1. The van der Waals surface area contributed by atoms with Crippen LogP contribution in [0.1, 0.15) is 10.6 Å². The molecule has 1 fully saturated rings. The molecule has 0 atom stereocenters. The Morgan fingerprint density at radius 2 is 1.88 bits per heavy atom. The van der Waals surface area contributed by atoms with Crippen LogP contribution in [0.25, 0.3) is 0 Å². The van der Waals surface area contributed by atoms with E-state index in [0.29, 0.717) is 26.2 Å². The van der Waals surface area contributed by atoms with Gasteiger partial charge in [0.2, 0.25) is 5.91 Å². The minimum absolute atomic E-state index is 0.0404. The third kappa shape index (κ3) is 4.21. The number of amides is 2. The Hall–Kier alpha value is -2.74. The van der Waals surface area contributed by atoms with Crippen LogP contribution >= 0.6 is 0 Å². The van der Waals surface area contributed by atoms with Crippen molar-refractivity contribution in [2.45, 2.75) is 0 Å². The second-order valence-electron chi connectivity index (χ2n) is 5.72. The standard InChI is InChI=1S/C17H17F2N3O3/c18-12-3-4-13(19)14(10-12)20-16(23)11-21-5-7-22(8-6-21)17(24)15-2-1-9-25-15/h1-4,9-10H,5-8,11H2,(H,20,23).